The van der Waals surface area contributed by atoms with Crippen LogP contribution in [0.1, 0.15) is 41.3 Å². The van der Waals surface area contributed by atoms with Gasteiger partial charge in [-0.05, 0) is 74.3 Å². The lowest BCUT2D eigenvalue weighted by Gasteiger charge is -2.39. The lowest BCUT2D eigenvalue weighted by Crippen LogP contribution is -2.54. The van der Waals surface area contributed by atoms with E-state index in [1.54, 1.807) is 30.3 Å². The molecule has 1 saturated heterocycles. The Hall–Kier alpha value is -4.56. The summed E-state index contributed by atoms with van der Waals surface area (Å²) in [6.07, 6.45) is 8.98. The Balaban J connectivity index is 1.47. The summed E-state index contributed by atoms with van der Waals surface area (Å²) in [7, 11) is 4.18. The van der Waals surface area contributed by atoms with Crippen molar-refractivity contribution in [2.24, 2.45) is 0 Å². The highest BCUT2D eigenvalue weighted by atomic mass is 16.4. The predicted molar refractivity (Wildman–Crippen MR) is 172 cm³/mol. The van der Waals surface area contributed by atoms with Crippen molar-refractivity contribution >= 4 is 17.9 Å². The van der Waals surface area contributed by atoms with E-state index in [2.05, 4.69) is 29.0 Å². The highest BCUT2D eigenvalue weighted by Crippen LogP contribution is 2.23. The van der Waals surface area contributed by atoms with Crippen LogP contribution in [0.3, 0.4) is 0 Å². The largest absolute Gasteiger partial charge is 0.446 e. The lowest BCUT2D eigenvalue weighted by atomic mass is 9.98. The zero-order chi connectivity index (χ0) is 31.1. The first-order chi connectivity index (χ1) is 21.3. The first kappa shape index (κ1) is 30.9. The van der Waals surface area contributed by atoms with Crippen molar-refractivity contribution in [3.05, 3.63) is 114 Å². The number of carbonyl (C=O) groups excluding carboxylic acids is 2. The summed E-state index contributed by atoms with van der Waals surface area (Å²) in [6, 6.07) is 21.8. The molecule has 1 aliphatic heterocycles. The van der Waals surface area contributed by atoms with E-state index in [0.29, 0.717) is 42.9 Å². The highest BCUT2D eigenvalue weighted by molar-refractivity contribution is 5.95. The van der Waals surface area contributed by atoms with Crippen molar-refractivity contribution < 1.29 is 14.0 Å². The van der Waals surface area contributed by atoms with Gasteiger partial charge in [-0.1, -0.05) is 54.6 Å². The Labute approximate surface area is 260 Å². The summed E-state index contributed by atoms with van der Waals surface area (Å²) in [5.41, 5.74) is 4.68. The molecule has 0 N–H and O–H groups in total. The minimum atomic E-state index is -0.675. The maximum atomic E-state index is 14.3. The molecule has 1 unspecified atom stereocenters. The van der Waals surface area contributed by atoms with Crippen molar-refractivity contribution in [1.82, 2.24) is 24.7 Å². The number of aryl methyl sites for hydroxylation is 2. The Kier molecular flexibility index (Phi) is 10.0. The molecule has 0 aliphatic carbocycles. The third-order valence-corrected chi connectivity index (χ3v) is 8.37. The van der Waals surface area contributed by atoms with Crippen LogP contribution in [0, 0.1) is 13.8 Å². The van der Waals surface area contributed by atoms with Crippen molar-refractivity contribution in [2.45, 2.75) is 51.7 Å². The molecular weight excluding hydrogens is 550 g/mol. The summed E-state index contributed by atoms with van der Waals surface area (Å²) < 4.78 is 5.56. The number of carbonyl (C=O) groups is 2. The first-order valence-electron chi connectivity index (χ1n) is 15.2. The molecule has 8 nitrogen and oxygen atoms in total. The quantitative estimate of drug-likeness (QED) is 0.225. The van der Waals surface area contributed by atoms with Crippen LogP contribution < -0.4 is 0 Å². The second-order valence-electron chi connectivity index (χ2n) is 11.6. The number of likely N-dealkylation sites (tertiary alicyclic amines) is 1. The average molecular weight is 592 g/mol. The molecule has 2 aromatic heterocycles. The minimum Gasteiger partial charge on any atom is -0.446 e. The van der Waals surface area contributed by atoms with Gasteiger partial charge in [0.2, 0.25) is 11.8 Å². The summed E-state index contributed by atoms with van der Waals surface area (Å²) >= 11 is 0. The van der Waals surface area contributed by atoms with E-state index in [9.17, 15) is 9.59 Å². The number of piperidine rings is 1. The molecule has 8 heteroatoms. The molecule has 3 heterocycles. The molecule has 1 aliphatic rings. The number of oxazole rings is 1. The standard InChI is InChI=1S/C36H41N5O3/c1-26-33(38-27(2)44-26)14-15-35(42)41(25-29-10-12-30(13-11-29)31-16-20-37-21-17-31)34(24-28-8-6-5-7-9-28)36(43)40-22-18-32(19-23-40)39(3)4/h5-17,20-21,32,34H,18-19,22-25H2,1-4H3. The zero-order valence-corrected chi connectivity index (χ0v) is 26.0. The van der Waals surface area contributed by atoms with Gasteiger partial charge in [-0.2, -0.15) is 0 Å². The molecule has 1 atom stereocenters. The van der Waals surface area contributed by atoms with Crippen molar-refractivity contribution in [2.75, 3.05) is 27.2 Å². The molecule has 0 spiro atoms. The van der Waals surface area contributed by atoms with Gasteiger partial charge in [-0.25, -0.2) is 4.98 Å². The second kappa shape index (κ2) is 14.3. The van der Waals surface area contributed by atoms with Gasteiger partial charge in [0.05, 0.1) is 0 Å². The smallest absolute Gasteiger partial charge is 0.247 e. The van der Waals surface area contributed by atoms with Crippen LogP contribution in [-0.4, -0.2) is 75.8 Å². The normalized spacial score (nSPS) is 14.7. The van der Waals surface area contributed by atoms with Crippen LogP contribution in [0.2, 0.25) is 0 Å². The van der Waals surface area contributed by atoms with E-state index >= 15 is 0 Å². The fourth-order valence-corrected chi connectivity index (χ4v) is 5.81. The van der Waals surface area contributed by atoms with Crippen molar-refractivity contribution in [1.29, 1.82) is 0 Å². The van der Waals surface area contributed by atoms with Gasteiger partial charge in [-0.3, -0.25) is 14.6 Å². The van der Waals surface area contributed by atoms with E-state index in [1.165, 1.54) is 6.08 Å². The molecule has 0 bridgehead atoms. The third kappa shape index (κ3) is 7.68. The van der Waals surface area contributed by atoms with Gasteiger partial charge in [-0.15, -0.1) is 0 Å². The molecule has 2 aromatic carbocycles. The van der Waals surface area contributed by atoms with E-state index in [1.807, 2.05) is 78.6 Å². The van der Waals surface area contributed by atoms with Crippen molar-refractivity contribution in [3.8, 4) is 11.1 Å². The molecule has 0 saturated carbocycles. The fraction of sp³-hybridized carbons (Fsp3) is 0.333. The maximum absolute atomic E-state index is 14.3. The minimum absolute atomic E-state index is 0.0188. The Morgan fingerprint density at radius 1 is 0.932 bits per heavy atom. The van der Waals surface area contributed by atoms with Crippen LogP contribution in [0.25, 0.3) is 17.2 Å². The number of aromatic nitrogens is 2. The van der Waals surface area contributed by atoms with Crippen LogP contribution in [0.15, 0.2) is 89.6 Å². The topological polar surface area (TPSA) is 82.8 Å². The lowest BCUT2D eigenvalue weighted by molar-refractivity contribution is -0.145. The molecule has 5 rings (SSSR count). The maximum Gasteiger partial charge on any atom is 0.247 e. The number of benzene rings is 2. The molecule has 0 radical (unpaired) electrons. The Morgan fingerprint density at radius 3 is 2.20 bits per heavy atom. The Bertz CT molecular complexity index is 1560. The first-order valence-corrected chi connectivity index (χ1v) is 15.2. The van der Waals surface area contributed by atoms with E-state index in [4.69, 9.17) is 4.42 Å². The van der Waals surface area contributed by atoms with Crippen LogP contribution >= 0.6 is 0 Å². The van der Waals surface area contributed by atoms with Crippen molar-refractivity contribution in [3.63, 3.8) is 0 Å². The van der Waals surface area contributed by atoms with Crippen LogP contribution in [0.5, 0.6) is 0 Å². The number of hydrogen-bond donors (Lipinski definition) is 0. The van der Waals surface area contributed by atoms with Gasteiger partial charge in [0.1, 0.15) is 17.5 Å². The van der Waals surface area contributed by atoms with Gasteiger partial charge in [0, 0.05) is 57.5 Å². The molecule has 4 aromatic rings. The van der Waals surface area contributed by atoms with E-state index in [0.717, 1.165) is 35.1 Å². The van der Waals surface area contributed by atoms with E-state index in [-0.39, 0.29) is 18.4 Å². The Morgan fingerprint density at radius 2 is 1.59 bits per heavy atom. The summed E-state index contributed by atoms with van der Waals surface area (Å²) in [5.74, 6) is 0.917. The fourth-order valence-electron chi connectivity index (χ4n) is 5.81. The number of pyridine rings is 1. The SMILES string of the molecule is Cc1nc(C=CC(=O)N(Cc2ccc(-c3ccncc3)cc2)C(Cc2ccccc2)C(=O)N2CCC(N(C)C)CC2)c(C)o1. The monoisotopic (exact) mass is 591 g/mol. The summed E-state index contributed by atoms with van der Waals surface area (Å²) in [5, 5.41) is 0. The van der Waals surface area contributed by atoms with Gasteiger partial charge in [0.25, 0.3) is 0 Å². The van der Waals surface area contributed by atoms with Gasteiger partial charge >= 0.3 is 0 Å². The number of hydrogen-bond acceptors (Lipinski definition) is 6. The van der Waals surface area contributed by atoms with Crippen LogP contribution in [0.4, 0.5) is 0 Å². The van der Waals surface area contributed by atoms with Gasteiger partial charge in [0.15, 0.2) is 5.89 Å². The zero-order valence-electron chi connectivity index (χ0n) is 26.0. The second-order valence-corrected chi connectivity index (χ2v) is 11.6. The molecule has 1 fully saturated rings. The van der Waals surface area contributed by atoms with E-state index < -0.39 is 6.04 Å². The highest BCUT2D eigenvalue weighted by Gasteiger charge is 2.34. The molecule has 228 valence electrons. The average Bonchev–Trinajstić information content (AvgIpc) is 3.38. The van der Waals surface area contributed by atoms with Crippen LogP contribution in [-0.2, 0) is 22.6 Å². The summed E-state index contributed by atoms with van der Waals surface area (Å²) in [6.45, 7) is 5.23. The number of rotatable bonds is 10. The number of nitrogens with zero attached hydrogens (tertiary/aromatic N) is 5. The van der Waals surface area contributed by atoms with Gasteiger partial charge < -0.3 is 19.1 Å². The molecular formula is C36H41N5O3. The molecule has 44 heavy (non-hydrogen) atoms. The molecule has 2 amide bonds. The summed E-state index contributed by atoms with van der Waals surface area (Å²) in [4.78, 5) is 42.8. The number of amides is 2. The predicted octanol–water partition coefficient (Wildman–Crippen LogP) is 5.56. The third-order valence-electron chi connectivity index (χ3n) is 8.37.